The van der Waals surface area contributed by atoms with Crippen LogP contribution >= 0.6 is 0 Å². The normalized spacial score (nSPS) is 10.4. The van der Waals surface area contributed by atoms with Gasteiger partial charge in [0, 0.05) is 19.8 Å². The monoisotopic (exact) mass is 207 g/mol. The summed E-state index contributed by atoms with van der Waals surface area (Å²) in [4.78, 5) is 11.5. The Balaban J connectivity index is 2.48. The number of aryl methyl sites for hydroxylation is 1. The van der Waals surface area contributed by atoms with Crippen LogP contribution in [0.25, 0.3) is 0 Å². The third-order valence-electron chi connectivity index (χ3n) is 1.97. The van der Waals surface area contributed by atoms with E-state index < -0.39 is 0 Å². The number of hydrogen-bond acceptors (Lipinski definition) is 3. The SMILES string of the molecule is Cc1ccccc1NC(=O)CNN(C)C. The molecular weight excluding hydrogens is 190 g/mol. The lowest BCUT2D eigenvalue weighted by atomic mass is 10.2. The van der Waals surface area contributed by atoms with Crippen LogP contribution in [-0.2, 0) is 4.79 Å². The lowest BCUT2D eigenvalue weighted by molar-refractivity contribution is -0.116. The van der Waals surface area contributed by atoms with E-state index in [1.807, 2.05) is 45.3 Å². The van der Waals surface area contributed by atoms with Crippen LogP contribution in [0.3, 0.4) is 0 Å². The molecule has 1 rings (SSSR count). The van der Waals surface area contributed by atoms with E-state index in [2.05, 4.69) is 10.7 Å². The van der Waals surface area contributed by atoms with Gasteiger partial charge in [-0.2, -0.15) is 0 Å². The molecule has 82 valence electrons. The number of rotatable bonds is 4. The van der Waals surface area contributed by atoms with E-state index in [4.69, 9.17) is 0 Å². The van der Waals surface area contributed by atoms with Crippen LogP contribution < -0.4 is 10.7 Å². The fraction of sp³-hybridized carbons (Fsp3) is 0.364. The van der Waals surface area contributed by atoms with Crippen LogP contribution in [-0.4, -0.2) is 31.6 Å². The van der Waals surface area contributed by atoms with Gasteiger partial charge >= 0.3 is 0 Å². The fourth-order valence-electron chi connectivity index (χ4n) is 1.14. The third kappa shape index (κ3) is 4.10. The van der Waals surface area contributed by atoms with Gasteiger partial charge in [-0.05, 0) is 18.6 Å². The molecule has 0 heterocycles. The zero-order chi connectivity index (χ0) is 11.3. The topological polar surface area (TPSA) is 44.4 Å². The van der Waals surface area contributed by atoms with Crippen molar-refractivity contribution in [3.63, 3.8) is 0 Å². The Hall–Kier alpha value is -1.39. The molecule has 0 saturated carbocycles. The number of anilines is 1. The van der Waals surface area contributed by atoms with Gasteiger partial charge in [0.1, 0.15) is 0 Å². The van der Waals surface area contributed by atoms with Crippen LogP contribution in [0.5, 0.6) is 0 Å². The molecule has 1 amide bonds. The number of benzene rings is 1. The number of hydrazine groups is 1. The predicted octanol–water partition coefficient (Wildman–Crippen LogP) is 1.000. The summed E-state index contributed by atoms with van der Waals surface area (Å²) in [5, 5.41) is 4.58. The van der Waals surface area contributed by atoms with Crippen LogP contribution in [0.1, 0.15) is 5.56 Å². The second-order valence-corrected chi connectivity index (χ2v) is 3.59. The summed E-state index contributed by atoms with van der Waals surface area (Å²) < 4.78 is 0. The second-order valence-electron chi connectivity index (χ2n) is 3.59. The molecule has 0 radical (unpaired) electrons. The summed E-state index contributed by atoms with van der Waals surface area (Å²) in [6.45, 7) is 2.25. The van der Waals surface area contributed by atoms with Gasteiger partial charge in [0.25, 0.3) is 0 Å². The maximum absolute atomic E-state index is 11.5. The minimum absolute atomic E-state index is 0.0435. The van der Waals surface area contributed by atoms with Crippen LogP contribution in [0.2, 0.25) is 0 Å². The summed E-state index contributed by atoms with van der Waals surface area (Å²) in [6.07, 6.45) is 0. The summed E-state index contributed by atoms with van der Waals surface area (Å²) >= 11 is 0. The minimum Gasteiger partial charge on any atom is -0.325 e. The molecule has 0 unspecified atom stereocenters. The third-order valence-corrected chi connectivity index (χ3v) is 1.97. The Morgan fingerprint density at radius 3 is 2.60 bits per heavy atom. The molecule has 4 nitrogen and oxygen atoms in total. The number of nitrogens with one attached hydrogen (secondary N) is 2. The van der Waals surface area contributed by atoms with Crippen LogP contribution in [0.15, 0.2) is 24.3 Å². The van der Waals surface area contributed by atoms with Gasteiger partial charge in [0.2, 0.25) is 5.91 Å². The minimum atomic E-state index is -0.0435. The molecule has 1 aromatic rings. The molecule has 1 aromatic carbocycles. The first kappa shape index (κ1) is 11.7. The van der Waals surface area contributed by atoms with E-state index in [1.165, 1.54) is 0 Å². The molecule has 0 atom stereocenters. The molecule has 0 aliphatic rings. The Morgan fingerprint density at radius 2 is 2.00 bits per heavy atom. The van der Waals surface area contributed by atoms with Gasteiger partial charge in [-0.1, -0.05) is 18.2 Å². The predicted molar refractivity (Wildman–Crippen MR) is 61.5 cm³/mol. The van der Waals surface area contributed by atoms with Gasteiger partial charge in [-0.25, -0.2) is 5.43 Å². The highest BCUT2D eigenvalue weighted by molar-refractivity contribution is 5.92. The maximum atomic E-state index is 11.5. The molecule has 15 heavy (non-hydrogen) atoms. The van der Waals surface area contributed by atoms with E-state index in [1.54, 1.807) is 5.01 Å². The van der Waals surface area contributed by atoms with Crippen molar-refractivity contribution in [2.45, 2.75) is 6.92 Å². The molecule has 0 saturated heterocycles. The van der Waals surface area contributed by atoms with Crippen LogP contribution in [0, 0.1) is 6.92 Å². The van der Waals surface area contributed by atoms with Crippen molar-refractivity contribution >= 4 is 11.6 Å². The smallest absolute Gasteiger partial charge is 0.239 e. The van der Waals surface area contributed by atoms with Gasteiger partial charge in [0.15, 0.2) is 0 Å². The number of nitrogens with zero attached hydrogens (tertiary/aromatic N) is 1. The standard InChI is InChI=1S/C11H17N3O/c1-9-6-4-5-7-10(9)13-11(15)8-12-14(2)3/h4-7,12H,8H2,1-3H3,(H,13,15). The van der Waals surface area contributed by atoms with Crippen molar-refractivity contribution < 1.29 is 4.79 Å². The molecule has 0 spiro atoms. The largest absolute Gasteiger partial charge is 0.325 e. The Bertz CT molecular complexity index is 336. The van der Waals surface area contributed by atoms with E-state index >= 15 is 0 Å². The highest BCUT2D eigenvalue weighted by Gasteiger charge is 2.03. The summed E-state index contributed by atoms with van der Waals surface area (Å²) in [5.41, 5.74) is 4.84. The van der Waals surface area contributed by atoms with E-state index in [0.29, 0.717) is 0 Å². The zero-order valence-corrected chi connectivity index (χ0v) is 9.37. The van der Waals surface area contributed by atoms with E-state index in [0.717, 1.165) is 11.3 Å². The first-order chi connectivity index (χ1) is 7.09. The summed E-state index contributed by atoms with van der Waals surface area (Å²) in [6, 6.07) is 7.71. The lowest BCUT2D eigenvalue weighted by Gasteiger charge is -2.12. The van der Waals surface area contributed by atoms with Crippen LogP contribution in [0.4, 0.5) is 5.69 Å². The number of hydrogen-bond donors (Lipinski definition) is 2. The number of amides is 1. The highest BCUT2D eigenvalue weighted by Crippen LogP contribution is 2.12. The fourth-order valence-corrected chi connectivity index (χ4v) is 1.14. The molecule has 4 heteroatoms. The van der Waals surface area contributed by atoms with Crippen molar-refractivity contribution in [3.8, 4) is 0 Å². The quantitative estimate of drug-likeness (QED) is 0.724. The van der Waals surface area contributed by atoms with E-state index in [9.17, 15) is 4.79 Å². The zero-order valence-electron chi connectivity index (χ0n) is 9.37. The number of carbonyl (C=O) groups is 1. The average molecular weight is 207 g/mol. The van der Waals surface area contributed by atoms with Crippen molar-refractivity contribution in [2.24, 2.45) is 0 Å². The summed E-state index contributed by atoms with van der Waals surface area (Å²) in [5.74, 6) is -0.0435. The first-order valence-corrected chi connectivity index (χ1v) is 4.86. The first-order valence-electron chi connectivity index (χ1n) is 4.86. The van der Waals surface area contributed by atoms with Crippen molar-refractivity contribution in [2.75, 3.05) is 26.0 Å². The second kappa shape index (κ2) is 5.48. The molecule has 0 aliphatic carbocycles. The maximum Gasteiger partial charge on any atom is 0.239 e. The highest BCUT2D eigenvalue weighted by atomic mass is 16.2. The molecule has 2 N–H and O–H groups in total. The average Bonchev–Trinajstić information content (AvgIpc) is 2.18. The number of para-hydroxylation sites is 1. The Kier molecular flexibility index (Phi) is 4.27. The van der Waals surface area contributed by atoms with Gasteiger partial charge in [0.05, 0.1) is 6.54 Å². The lowest BCUT2D eigenvalue weighted by Crippen LogP contribution is -2.37. The molecule has 0 fully saturated rings. The van der Waals surface area contributed by atoms with Crippen molar-refractivity contribution in [3.05, 3.63) is 29.8 Å². The van der Waals surface area contributed by atoms with E-state index in [-0.39, 0.29) is 12.5 Å². The molecule has 0 aliphatic heterocycles. The summed E-state index contributed by atoms with van der Waals surface area (Å²) in [7, 11) is 3.70. The number of carbonyl (C=O) groups excluding carboxylic acids is 1. The van der Waals surface area contributed by atoms with Gasteiger partial charge in [-0.15, -0.1) is 0 Å². The van der Waals surface area contributed by atoms with Crippen molar-refractivity contribution in [1.82, 2.24) is 10.4 Å². The molecular formula is C11H17N3O. The Morgan fingerprint density at radius 1 is 1.33 bits per heavy atom. The van der Waals surface area contributed by atoms with Gasteiger partial charge in [-0.3, -0.25) is 9.80 Å². The van der Waals surface area contributed by atoms with Crippen molar-refractivity contribution in [1.29, 1.82) is 0 Å². The molecule has 0 bridgehead atoms. The Labute approximate surface area is 90.2 Å². The molecule has 0 aromatic heterocycles. The van der Waals surface area contributed by atoms with Gasteiger partial charge < -0.3 is 5.32 Å².